The molecule has 19 heavy (non-hydrogen) atoms. The summed E-state index contributed by atoms with van der Waals surface area (Å²) in [5.74, 6) is 0.541. The summed E-state index contributed by atoms with van der Waals surface area (Å²) < 4.78 is 5.70. The van der Waals surface area contributed by atoms with Crippen LogP contribution in [-0.2, 0) is 4.74 Å². The van der Waals surface area contributed by atoms with E-state index in [4.69, 9.17) is 4.74 Å². The van der Waals surface area contributed by atoms with Crippen LogP contribution in [0.15, 0.2) is 36.5 Å². The predicted molar refractivity (Wildman–Crippen MR) is 77.1 cm³/mol. The lowest BCUT2D eigenvalue weighted by molar-refractivity contribution is 0.0963. The molecule has 3 atom stereocenters. The molecule has 0 spiro atoms. The standard InChI is InChI=1S/C16H20N2O/c1-11-14(7-9-19-11)16(17-2)13-5-6-15-12(10-13)4-3-8-18-15/h3-6,8,10-11,14,16-17H,7,9H2,1-2H3. The van der Waals surface area contributed by atoms with E-state index >= 15 is 0 Å². The molecule has 1 fully saturated rings. The first-order chi connectivity index (χ1) is 9.29. The van der Waals surface area contributed by atoms with Crippen LogP contribution in [0.2, 0.25) is 0 Å². The molecule has 0 amide bonds. The average molecular weight is 256 g/mol. The zero-order valence-corrected chi connectivity index (χ0v) is 11.5. The van der Waals surface area contributed by atoms with Crippen molar-refractivity contribution in [2.75, 3.05) is 13.7 Å². The number of hydrogen-bond donors (Lipinski definition) is 1. The lowest BCUT2D eigenvalue weighted by Gasteiger charge is -2.26. The van der Waals surface area contributed by atoms with Crippen LogP contribution in [0.5, 0.6) is 0 Å². The lowest BCUT2D eigenvalue weighted by Crippen LogP contribution is -2.29. The number of nitrogens with zero attached hydrogens (tertiary/aromatic N) is 1. The average Bonchev–Trinajstić information content (AvgIpc) is 2.86. The van der Waals surface area contributed by atoms with E-state index < -0.39 is 0 Å². The van der Waals surface area contributed by atoms with Gasteiger partial charge in [-0.15, -0.1) is 0 Å². The summed E-state index contributed by atoms with van der Waals surface area (Å²) in [6.45, 7) is 3.05. The normalized spacial score (nSPS) is 24.7. The highest BCUT2D eigenvalue weighted by Crippen LogP contribution is 2.33. The number of pyridine rings is 1. The molecule has 0 bridgehead atoms. The van der Waals surface area contributed by atoms with E-state index in [0.717, 1.165) is 18.5 Å². The predicted octanol–water partition coefficient (Wildman–Crippen LogP) is 2.92. The highest BCUT2D eigenvalue weighted by Gasteiger charge is 2.31. The van der Waals surface area contributed by atoms with E-state index in [-0.39, 0.29) is 0 Å². The molecule has 3 nitrogen and oxygen atoms in total. The van der Waals surface area contributed by atoms with Gasteiger partial charge in [-0.25, -0.2) is 0 Å². The molecule has 0 radical (unpaired) electrons. The fourth-order valence-corrected chi connectivity index (χ4v) is 3.10. The zero-order chi connectivity index (χ0) is 13.2. The van der Waals surface area contributed by atoms with E-state index in [1.54, 1.807) is 0 Å². The number of fused-ring (bicyclic) bond motifs is 1. The molecule has 1 aromatic heterocycles. The van der Waals surface area contributed by atoms with Crippen molar-refractivity contribution >= 4 is 10.9 Å². The summed E-state index contributed by atoms with van der Waals surface area (Å²) in [7, 11) is 2.03. The van der Waals surface area contributed by atoms with Gasteiger partial charge in [-0.2, -0.15) is 0 Å². The number of aromatic nitrogens is 1. The Morgan fingerprint density at radius 1 is 1.37 bits per heavy atom. The van der Waals surface area contributed by atoms with Crippen LogP contribution in [-0.4, -0.2) is 24.7 Å². The first-order valence-corrected chi connectivity index (χ1v) is 6.93. The maximum Gasteiger partial charge on any atom is 0.0702 e. The Hall–Kier alpha value is -1.45. The summed E-state index contributed by atoms with van der Waals surface area (Å²) in [6, 6.07) is 11.0. The van der Waals surface area contributed by atoms with Gasteiger partial charge >= 0.3 is 0 Å². The zero-order valence-electron chi connectivity index (χ0n) is 11.5. The van der Waals surface area contributed by atoms with E-state index in [0.29, 0.717) is 18.1 Å². The van der Waals surface area contributed by atoms with Crippen LogP contribution < -0.4 is 5.32 Å². The summed E-state index contributed by atoms with van der Waals surface area (Å²) in [6.07, 6.45) is 3.28. The smallest absolute Gasteiger partial charge is 0.0702 e. The Morgan fingerprint density at radius 3 is 3.00 bits per heavy atom. The summed E-state index contributed by atoms with van der Waals surface area (Å²) in [5.41, 5.74) is 2.38. The van der Waals surface area contributed by atoms with Crippen LogP contribution in [0, 0.1) is 5.92 Å². The molecule has 3 heteroatoms. The fourth-order valence-electron chi connectivity index (χ4n) is 3.10. The first kappa shape index (κ1) is 12.6. The van der Waals surface area contributed by atoms with Crippen LogP contribution in [0.25, 0.3) is 10.9 Å². The second-order valence-corrected chi connectivity index (χ2v) is 5.25. The first-order valence-electron chi connectivity index (χ1n) is 6.93. The number of rotatable bonds is 3. The van der Waals surface area contributed by atoms with Gasteiger partial charge < -0.3 is 10.1 Å². The van der Waals surface area contributed by atoms with Gasteiger partial charge in [0.05, 0.1) is 11.6 Å². The minimum Gasteiger partial charge on any atom is -0.378 e. The fraction of sp³-hybridized carbons (Fsp3) is 0.438. The third kappa shape index (κ3) is 2.36. The molecule has 3 unspecified atom stereocenters. The van der Waals surface area contributed by atoms with Crippen molar-refractivity contribution in [2.24, 2.45) is 5.92 Å². The topological polar surface area (TPSA) is 34.2 Å². The van der Waals surface area contributed by atoms with E-state index in [2.05, 4.69) is 41.5 Å². The van der Waals surface area contributed by atoms with Gasteiger partial charge in [-0.1, -0.05) is 12.1 Å². The van der Waals surface area contributed by atoms with Crippen LogP contribution >= 0.6 is 0 Å². The molecule has 1 N–H and O–H groups in total. The molecule has 1 saturated heterocycles. The Bertz CT molecular complexity index is 569. The number of nitrogens with one attached hydrogen (secondary N) is 1. The van der Waals surface area contributed by atoms with Crippen molar-refractivity contribution in [2.45, 2.75) is 25.5 Å². The van der Waals surface area contributed by atoms with E-state index in [1.165, 1.54) is 10.9 Å². The third-order valence-corrected chi connectivity index (χ3v) is 4.16. The molecular formula is C16H20N2O. The monoisotopic (exact) mass is 256 g/mol. The lowest BCUT2D eigenvalue weighted by atomic mass is 9.88. The van der Waals surface area contributed by atoms with Crippen LogP contribution in [0.3, 0.4) is 0 Å². The van der Waals surface area contributed by atoms with Crippen molar-refractivity contribution < 1.29 is 4.74 Å². The maximum atomic E-state index is 5.70. The minimum absolute atomic E-state index is 0.321. The van der Waals surface area contributed by atoms with Crippen molar-refractivity contribution in [1.29, 1.82) is 0 Å². The second-order valence-electron chi connectivity index (χ2n) is 5.25. The SMILES string of the molecule is CNC(c1ccc2ncccc2c1)C1CCOC1C. The van der Waals surface area contributed by atoms with Crippen molar-refractivity contribution in [3.8, 4) is 0 Å². The van der Waals surface area contributed by atoms with Gasteiger partial charge in [-0.05, 0) is 44.2 Å². The second kappa shape index (κ2) is 5.27. The van der Waals surface area contributed by atoms with E-state index in [9.17, 15) is 0 Å². The van der Waals surface area contributed by atoms with Gasteiger partial charge in [0, 0.05) is 30.1 Å². The number of ether oxygens (including phenoxy) is 1. The Kier molecular flexibility index (Phi) is 3.49. The number of benzene rings is 1. The summed E-state index contributed by atoms with van der Waals surface area (Å²) in [4.78, 5) is 4.37. The Labute approximate surface area is 114 Å². The summed E-state index contributed by atoms with van der Waals surface area (Å²) in [5, 5.41) is 4.66. The summed E-state index contributed by atoms with van der Waals surface area (Å²) >= 11 is 0. The van der Waals surface area contributed by atoms with Gasteiger partial charge in [0.2, 0.25) is 0 Å². The highest BCUT2D eigenvalue weighted by atomic mass is 16.5. The molecule has 0 saturated carbocycles. The molecule has 3 rings (SSSR count). The molecule has 100 valence electrons. The van der Waals surface area contributed by atoms with Crippen molar-refractivity contribution in [3.05, 3.63) is 42.1 Å². The van der Waals surface area contributed by atoms with Crippen molar-refractivity contribution in [1.82, 2.24) is 10.3 Å². The molecule has 1 aromatic carbocycles. The van der Waals surface area contributed by atoms with Gasteiger partial charge in [0.1, 0.15) is 0 Å². The minimum atomic E-state index is 0.321. The van der Waals surface area contributed by atoms with Gasteiger partial charge in [-0.3, -0.25) is 4.98 Å². The van der Waals surface area contributed by atoms with Crippen molar-refractivity contribution in [3.63, 3.8) is 0 Å². The highest BCUT2D eigenvalue weighted by molar-refractivity contribution is 5.79. The van der Waals surface area contributed by atoms with Gasteiger partial charge in [0.25, 0.3) is 0 Å². The molecule has 2 heterocycles. The molecule has 1 aliphatic heterocycles. The Balaban J connectivity index is 1.96. The molecular weight excluding hydrogens is 236 g/mol. The largest absolute Gasteiger partial charge is 0.378 e. The quantitative estimate of drug-likeness (QED) is 0.917. The Morgan fingerprint density at radius 2 is 2.26 bits per heavy atom. The van der Waals surface area contributed by atoms with Crippen LogP contribution in [0.4, 0.5) is 0 Å². The third-order valence-electron chi connectivity index (χ3n) is 4.16. The maximum absolute atomic E-state index is 5.70. The molecule has 2 aromatic rings. The molecule has 0 aliphatic carbocycles. The van der Waals surface area contributed by atoms with Gasteiger partial charge in [0.15, 0.2) is 0 Å². The van der Waals surface area contributed by atoms with E-state index in [1.807, 2.05) is 19.3 Å². The number of hydrogen-bond acceptors (Lipinski definition) is 3. The van der Waals surface area contributed by atoms with Crippen LogP contribution in [0.1, 0.15) is 24.9 Å². The molecule has 1 aliphatic rings.